The largest absolute Gasteiger partial charge is 0.453 e. The minimum atomic E-state index is -4.72. The summed E-state index contributed by atoms with van der Waals surface area (Å²) in [7, 11) is 0. The van der Waals surface area contributed by atoms with Gasteiger partial charge in [0, 0.05) is 5.75 Å². The van der Waals surface area contributed by atoms with Crippen molar-refractivity contribution in [1.82, 2.24) is 14.9 Å². The van der Waals surface area contributed by atoms with E-state index in [0.717, 1.165) is 17.8 Å². The van der Waals surface area contributed by atoms with Crippen LogP contribution in [0.3, 0.4) is 0 Å². The highest BCUT2D eigenvalue weighted by molar-refractivity contribution is 7.98. The minimum absolute atomic E-state index is 0.0874. The summed E-state index contributed by atoms with van der Waals surface area (Å²) >= 11 is 0.855. The zero-order valence-electron chi connectivity index (χ0n) is 13.4. The fourth-order valence-corrected chi connectivity index (χ4v) is 2.88. The number of alkyl halides is 3. The summed E-state index contributed by atoms with van der Waals surface area (Å²) in [5, 5.41) is 6.20. The normalized spacial score (nSPS) is 11.6. The van der Waals surface area contributed by atoms with Gasteiger partial charge in [-0.15, -0.1) is 10.2 Å². The second kappa shape index (κ2) is 7.43. The number of nitrogens with two attached hydrogens (primary N) is 1. The maximum atomic E-state index is 14.2. The zero-order chi connectivity index (χ0) is 19.6. The summed E-state index contributed by atoms with van der Waals surface area (Å²) in [6.07, 6.45) is -4.72. The van der Waals surface area contributed by atoms with Gasteiger partial charge in [0.25, 0.3) is 5.82 Å². The molecule has 11 heteroatoms. The molecule has 0 spiro atoms. The number of halogens is 5. The predicted octanol–water partition coefficient (Wildman–Crippen LogP) is 4.37. The number of hydrogen-bond donors (Lipinski definition) is 1. The smallest absolute Gasteiger partial charge is 0.451 e. The van der Waals surface area contributed by atoms with Gasteiger partial charge < -0.3 is 10.6 Å². The maximum Gasteiger partial charge on any atom is 0.453 e. The molecule has 142 valence electrons. The molecule has 1 heterocycles. The molecule has 0 saturated heterocycles. The Morgan fingerprint density at radius 3 is 2.33 bits per heavy atom. The number of para-hydroxylation sites is 1. The van der Waals surface area contributed by atoms with Crippen LogP contribution in [0.15, 0.2) is 47.6 Å². The summed E-state index contributed by atoms with van der Waals surface area (Å²) in [6.45, 7) is 0. The van der Waals surface area contributed by atoms with Gasteiger partial charge in [-0.1, -0.05) is 30.0 Å². The van der Waals surface area contributed by atoms with Gasteiger partial charge in [-0.25, -0.2) is 13.5 Å². The van der Waals surface area contributed by atoms with Crippen LogP contribution in [-0.4, -0.2) is 14.9 Å². The Morgan fingerprint density at radius 2 is 1.70 bits per heavy atom. The number of nitrogen functional groups attached to an aromatic ring is 1. The van der Waals surface area contributed by atoms with Gasteiger partial charge in [0.1, 0.15) is 0 Å². The summed E-state index contributed by atoms with van der Waals surface area (Å²) in [5.41, 5.74) is 0.440. The average Bonchev–Trinajstić information content (AvgIpc) is 2.98. The number of hydrogen-bond acceptors (Lipinski definition) is 5. The lowest BCUT2D eigenvalue weighted by atomic mass is 10.2. The van der Waals surface area contributed by atoms with Crippen molar-refractivity contribution in [3.63, 3.8) is 0 Å². The highest BCUT2D eigenvalue weighted by Gasteiger charge is 2.38. The Kier molecular flexibility index (Phi) is 5.22. The number of aromatic nitrogens is 3. The summed E-state index contributed by atoms with van der Waals surface area (Å²) in [4.78, 5) is 0. The summed E-state index contributed by atoms with van der Waals surface area (Å²) in [6, 6.07) is 9.46. The van der Waals surface area contributed by atoms with Gasteiger partial charge >= 0.3 is 6.18 Å². The topological polar surface area (TPSA) is 66.0 Å². The van der Waals surface area contributed by atoms with Crippen LogP contribution in [0.25, 0.3) is 0 Å². The van der Waals surface area contributed by atoms with E-state index in [4.69, 9.17) is 10.6 Å². The first-order valence-electron chi connectivity index (χ1n) is 7.37. The standard InChI is InChI=1S/C16H11F5N4OS/c17-10-3-1-2-4-12(10)26-13-6-5-9(7-11(13)18)8-27-15-24-23-14(25(15)22)16(19,20)21/h1-7H,8,22H2. The molecule has 0 atom stereocenters. The Bertz CT molecular complexity index is 960. The molecule has 0 radical (unpaired) electrons. The number of thioether (sulfide) groups is 1. The first-order valence-corrected chi connectivity index (χ1v) is 8.35. The van der Waals surface area contributed by atoms with Crippen molar-refractivity contribution in [1.29, 1.82) is 0 Å². The van der Waals surface area contributed by atoms with Crippen LogP contribution in [-0.2, 0) is 11.9 Å². The monoisotopic (exact) mass is 402 g/mol. The Hall–Kier alpha value is -2.82. The molecular weight excluding hydrogens is 391 g/mol. The highest BCUT2D eigenvalue weighted by atomic mass is 32.2. The number of benzene rings is 2. The Balaban J connectivity index is 1.70. The summed E-state index contributed by atoms with van der Waals surface area (Å²) < 4.78 is 71.1. The molecule has 0 bridgehead atoms. The number of rotatable bonds is 5. The molecule has 0 unspecified atom stereocenters. The van der Waals surface area contributed by atoms with Crippen LogP contribution in [0, 0.1) is 11.6 Å². The lowest BCUT2D eigenvalue weighted by Gasteiger charge is -2.09. The Labute approximate surface area is 153 Å². The van der Waals surface area contributed by atoms with Crippen LogP contribution in [0.1, 0.15) is 11.4 Å². The first kappa shape index (κ1) is 19.0. The van der Waals surface area contributed by atoms with E-state index in [0.29, 0.717) is 10.2 Å². The molecular formula is C16H11F5N4OS. The van der Waals surface area contributed by atoms with Crippen LogP contribution in [0.4, 0.5) is 22.0 Å². The molecule has 27 heavy (non-hydrogen) atoms. The third-order valence-corrected chi connectivity index (χ3v) is 4.35. The van der Waals surface area contributed by atoms with E-state index in [2.05, 4.69) is 10.2 Å². The maximum absolute atomic E-state index is 14.2. The third kappa shape index (κ3) is 4.30. The van der Waals surface area contributed by atoms with Crippen molar-refractivity contribution < 1.29 is 26.7 Å². The predicted molar refractivity (Wildman–Crippen MR) is 87.6 cm³/mol. The molecule has 5 nitrogen and oxygen atoms in total. The van der Waals surface area contributed by atoms with Gasteiger partial charge in [-0.05, 0) is 29.8 Å². The van der Waals surface area contributed by atoms with Gasteiger partial charge in [0.15, 0.2) is 23.1 Å². The zero-order valence-corrected chi connectivity index (χ0v) is 14.2. The van der Waals surface area contributed by atoms with Crippen molar-refractivity contribution in [2.24, 2.45) is 0 Å². The van der Waals surface area contributed by atoms with Crippen LogP contribution in [0.5, 0.6) is 11.5 Å². The van der Waals surface area contributed by atoms with Crippen LogP contribution >= 0.6 is 11.8 Å². The van der Waals surface area contributed by atoms with Crippen molar-refractivity contribution in [2.75, 3.05) is 5.84 Å². The van der Waals surface area contributed by atoms with Gasteiger partial charge in [0.2, 0.25) is 5.16 Å². The van der Waals surface area contributed by atoms with Gasteiger partial charge in [-0.2, -0.15) is 13.2 Å². The minimum Gasteiger partial charge on any atom is -0.451 e. The second-order valence-electron chi connectivity index (χ2n) is 5.26. The number of nitrogens with zero attached hydrogens (tertiary/aromatic N) is 3. The second-order valence-corrected chi connectivity index (χ2v) is 6.20. The van der Waals surface area contributed by atoms with E-state index in [1.807, 2.05) is 0 Å². The summed E-state index contributed by atoms with van der Waals surface area (Å²) in [5.74, 6) is 2.38. The Morgan fingerprint density at radius 1 is 1.00 bits per heavy atom. The molecule has 2 aromatic carbocycles. The third-order valence-electron chi connectivity index (χ3n) is 3.34. The molecule has 0 aliphatic carbocycles. The lowest BCUT2D eigenvalue weighted by molar-refractivity contribution is -0.146. The van der Waals surface area contributed by atoms with Crippen molar-refractivity contribution >= 4 is 11.8 Å². The highest BCUT2D eigenvalue weighted by Crippen LogP contribution is 2.31. The van der Waals surface area contributed by atoms with E-state index in [1.54, 1.807) is 6.07 Å². The molecule has 0 aliphatic heterocycles. The molecule has 3 aromatic rings. The SMILES string of the molecule is Nn1c(SCc2ccc(Oc3ccccc3F)c(F)c2)nnc1C(F)(F)F. The van der Waals surface area contributed by atoms with Crippen LogP contribution in [0.2, 0.25) is 0 Å². The number of ether oxygens (including phenoxy) is 1. The van der Waals surface area contributed by atoms with Crippen molar-refractivity contribution in [3.8, 4) is 11.5 Å². The molecule has 0 fully saturated rings. The van der Waals surface area contributed by atoms with Crippen molar-refractivity contribution in [2.45, 2.75) is 17.1 Å². The average molecular weight is 402 g/mol. The molecule has 0 aliphatic rings. The van der Waals surface area contributed by atoms with Gasteiger partial charge in [0.05, 0.1) is 0 Å². The molecule has 2 N–H and O–H groups in total. The quantitative estimate of drug-likeness (QED) is 0.390. The van der Waals surface area contributed by atoms with E-state index >= 15 is 0 Å². The first-order chi connectivity index (χ1) is 12.8. The molecule has 0 saturated carbocycles. The van der Waals surface area contributed by atoms with E-state index in [9.17, 15) is 22.0 Å². The molecule has 0 amide bonds. The van der Waals surface area contributed by atoms with Gasteiger partial charge in [-0.3, -0.25) is 0 Å². The van der Waals surface area contributed by atoms with E-state index in [-0.39, 0.29) is 22.4 Å². The van der Waals surface area contributed by atoms with E-state index in [1.165, 1.54) is 30.3 Å². The van der Waals surface area contributed by atoms with E-state index < -0.39 is 23.6 Å². The fraction of sp³-hybridized carbons (Fsp3) is 0.125. The fourth-order valence-electron chi connectivity index (χ4n) is 2.08. The van der Waals surface area contributed by atoms with Crippen molar-refractivity contribution in [3.05, 3.63) is 65.5 Å². The van der Waals surface area contributed by atoms with Crippen LogP contribution < -0.4 is 10.6 Å². The lowest BCUT2D eigenvalue weighted by Crippen LogP contribution is -2.21. The molecule has 1 aromatic heterocycles. The molecule has 3 rings (SSSR count).